The first-order valence-corrected chi connectivity index (χ1v) is 7.82. The molecule has 0 rings (SSSR count). The van der Waals surface area contributed by atoms with E-state index in [9.17, 15) is 0 Å². The van der Waals surface area contributed by atoms with Crippen molar-refractivity contribution in [2.45, 2.75) is 47.0 Å². The summed E-state index contributed by atoms with van der Waals surface area (Å²) in [4.78, 5) is 5.09. The molecule has 0 heterocycles. The van der Waals surface area contributed by atoms with Gasteiger partial charge in [-0.25, -0.2) is 0 Å². The fraction of sp³-hybridized carbons (Fsp3) is 1.00. The van der Waals surface area contributed by atoms with Gasteiger partial charge in [0.25, 0.3) is 0 Å². The first-order valence-electron chi connectivity index (χ1n) is 7.82. The van der Waals surface area contributed by atoms with Crippen molar-refractivity contribution in [1.29, 1.82) is 0 Å². The highest BCUT2D eigenvalue weighted by molar-refractivity contribution is 4.63. The summed E-state index contributed by atoms with van der Waals surface area (Å²) in [5.74, 6) is 0.780. The molecule has 0 aliphatic heterocycles. The first-order chi connectivity index (χ1) is 8.67. The maximum Gasteiger partial charge on any atom is 0.000692 e. The van der Waals surface area contributed by atoms with Crippen LogP contribution in [-0.2, 0) is 0 Å². The lowest BCUT2D eigenvalue weighted by molar-refractivity contribution is 0.217. The van der Waals surface area contributed by atoms with Crippen LogP contribution in [0.15, 0.2) is 0 Å². The van der Waals surface area contributed by atoms with Gasteiger partial charge in [-0.2, -0.15) is 0 Å². The quantitative estimate of drug-likeness (QED) is 0.583. The third-order valence-electron chi connectivity index (χ3n) is 3.76. The monoisotopic (exact) mass is 257 g/mol. The molecule has 110 valence electrons. The number of nitrogens with two attached hydrogens (primary N) is 1. The number of hydrogen-bond acceptors (Lipinski definition) is 3. The van der Waals surface area contributed by atoms with Crippen molar-refractivity contribution in [1.82, 2.24) is 9.80 Å². The summed E-state index contributed by atoms with van der Waals surface area (Å²) in [5.41, 5.74) is 5.57. The average molecular weight is 257 g/mol. The van der Waals surface area contributed by atoms with Crippen LogP contribution in [0, 0.1) is 5.92 Å². The van der Waals surface area contributed by atoms with E-state index in [0.717, 1.165) is 18.9 Å². The van der Waals surface area contributed by atoms with E-state index in [1.807, 2.05) is 0 Å². The van der Waals surface area contributed by atoms with Crippen molar-refractivity contribution >= 4 is 0 Å². The SMILES string of the molecule is CCN(CC)CCCN(CC)CC(C)CCCN. The topological polar surface area (TPSA) is 32.5 Å². The van der Waals surface area contributed by atoms with Crippen LogP contribution in [0.4, 0.5) is 0 Å². The fourth-order valence-corrected chi connectivity index (χ4v) is 2.43. The van der Waals surface area contributed by atoms with Gasteiger partial charge < -0.3 is 15.5 Å². The van der Waals surface area contributed by atoms with Crippen molar-refractivity contribution in [3.8, 4) is 0 Å². The lowest BCUT2D eigenvalue weighted by Gasteiger charge is -2.26. The number of nitrogens with zero attached hydrogens (tertiary/aromatic N) is 2. The minimum Gasteiger partial charge on any atom is -0.330 e. The average Bonchev–Trinajstić information content (AvgIpc) is 2.39. The molecule has 0 amide bonds. The number of hydrogen-bond donors (Lipinski definition) is 1. The summed E-state index contributed by atoms with van der Waals surface area (Å²) >= 11 is 0. The minimum atomic E-state index is 0.780. The summed E-state index contributed by atoms with van der Waals surface area (Å²) in [6.07, 6.45) is 3.72. The molecule has 3 heteroatoms. The first kappa shape index (κ1) is 17.9. The van der Waals surface area contributed by atoms with E-state index in [2.05, 4.69) is 37.5 Å². The highest BCUT2D eigenvalue weighted by Crippen LogP contribution is 2.08. The standard InChI is InChI=1S/C15H35N3/c1-5-17(6-2)12-9-13-18(7-3)14-15(4)10-8-11-16/h15H,5-14,16H2,1-4H3. The number of rotatable bonds is 12. The second-order valence-corrected chi connectivity index (χ2v) is 5.31. The summed E-state index contributed by atoms with van der Waals surface area (Å²) in [6, 6.07) is 0. The molecule has 0 aromatic carbocycles. The van der Waals surface area contributed by atoms with Gasteiger partial charge in [0.1, 0.15) is 0 Å². The molecular formula is C15H35N3. The van der Waals surface area contributed by atoms with E-state index in [4.69, 9.17) is 5.73 Å². The van der Waals surface area contributed by atoms with Crippen molar-refractivity contribution in [3.63, 3.8) is 0 Å². The molecule has 0 aliphatic carbocycles. The van der Waals surface area contributed by atoms with Gasteiger partial charge in [0.05, 0.1) is 0 Å². The molecule has 0 spiro atoms. The Morgan fingerprint density at radius 3 is 1.94 bits per heavy atom. The summed E-state index contributed by atoms with van der Waals surface area (Å²) < 4.78 is 0. The van der Waals surface area contributed by atoms with Gasteiger partial charge in [-0.15, -0.1) is 0 Å². The lowest BCUT2D eigenvalue weighted by atomic mass is 10.0. The minimum absolute atomic E-state index is 0.780. The molecule has 0 fully saturated rings. The van der Waals surface area contributed by atoms with E-state index < -0.39 is 0 Å². The molecule has 0 radical (unpaired) electrons. The zero-order chi connectivity index (χ0) is 13.8. The van der Waals surface area contributed by atoms with Crippen LogP contribution in [0.2, 0.25) is 0 Å². The zero-order valence-electron chi connectivity index (χ0n) is 13.1. The Balaban J connectivity index is 3.75. The molecule has 2 N–H and O–H groups in total. The predicted octanol–water partition coefficient (Wildman–Crippen LogP) is 2.42. The van der Waals surface area contributed by atoms with E-state index >= 15 is 0 Å². The molecule has 0 aliphatic rings. The molecule has 0 saturated heterocycles. The maximum atomic E-state index is 5.57. The normalized spacial score (nSPS) is 13.5. The smallest absolute Gasteiger partial charge is 0.000692 e. The molecule has 1 unspecified atom stereocenters. The summed E-state index contributed by atoms with van der Waals surface area (Å²) in [6.45, 7) is 17.2. The van der Waals surface area contributed by atoms with Gasteiger partial charge >= 0.3 is 0 Å². The Bertz CT molecular complexity index is 169. The third kappa shape index (κ3) is 8.90. The van der Waals surface area contributed by atoms with E-state index in [-0.39, 0.29) is 0 Å². The van der Waals surface area contributed by atoms with E-state index in [0.29, 0.717) is 0 Å². The Morgan fingerprint density at radius 1 is 0.889 bits per heavy atom. The summed E-state index contributed by atoms with van der Waals surface area (Å²) in [7, 11) is 0. The maximum absolute atomic E-state index is 5.57. The van der Waals surface area contributed by atoms with Gasteiger partial charge in [0, 0.05) is 6.54 Å². The van der Waals surface area contributed by atoms with Crippen LogP contribution in [0.3, 0.4) is 0 Å². The van der Waals surface area contributed by atoms with Crippen LogP contribution < -0.4 is 5.73 Å². The van der Waals surface area contributed by atoms with Crippen LogP contribution >= 0.6 is 0 Å². The largest absolute Gasteiger partial charge is 0.330 e. The molecule has 0 aromatic heterocycles. The van der Waals surface area contributed by atoms with Crippen LogP contribution in [-0.4, -0.2) is 55.6 Å². The van der Waals surface area contributed by atoms with E-state index in [1.54, 1.807) is 0 Å². The van der Waals surface area contributed by atoms with Crippen molar-refractivity contribution in [2.24, 2.45) is 11.7 Å². The van der Waals surface area contributed by atoms with Gasteiger partial charge in [0.2, 0.25) is 0 Å². The molecule has 0 saturated carbocycles. The Morgan fingerprint density at radius 2 is 1.44 bits per heavy atom. The highest BCUT2D eigenvalue weighted by Gasteiger charge is 2.08. The van der Waals surface area contributed by atoms with Gasteiger partial charge in [-0.3, -0.25) is 0 Å². The van der Waals surface area contributed by atoms with Crippen LogP contribution in [0.25, 0.3) is 0 Å². The van der Waals surface area contributed by atoms with Crippen LogP contribution in [0.1, 0.15) is 47.0 Å². The molecule has 1 atom stereocenters. The summed E-state index contributed by atoms with van der Waals surface area (Å²) in [5, 5.41) is 0. The highest BCUT2D eigenvalue weighted by atomic mass is 15.1. The third-order valence-corrected chi connectivity index (χ3v) is 3.76. The Labute approximate surface area is 115 Å². The van der Waals surface area contributed by atoms with E-state index in [1.165, 1.54) is 52.1 Å². The second-order valence-electron chi connectivity index (χ2n) is 5.31. The molecule has 0 aromatic rings. The molecular weight excluding hydrogens is 222 g/mol. The van der Waals surface area contributed by atoms with Gasteiger partial charge in [-0.1, -0.05) is 27.7 Å². The fourth-order valence-electron chi connectivity index (χ4n) is 2.43. The second kappa shape index (κ2) is 11.9. The van der Waals surface area contributed by atoms with Gasteiger partial charge in [-0.05, 0) is 64.4 Å². The van der Waals surface area contributed by atoms with Crippen molar-refractivity contribution in [3.05, 3.63) is 0 Å². The molecule has 3 nitrogen and oxygen atoms in total. The van der Waals surface area contributed by atoms with Crippen molar-refractivity contribution in [2.75, 3.05) is 45.8 Å². The Kier molecular flexibility index (Phi) is 11.9. The van der Waals surface area contributed by atoms with Gasteiger partial charge in [0.15, 0.2) is 0 Å². The Hall–Kier alpha value is -0.120. The predicted molar refractivity (Wildman–Crippen MR) is 82.0 cm³/mol. The van der Waals surface area contributed by atoms with Crippen molar-refractivity contribution < 1.29 is 0 Å². The molecule has 0 bridgehead atoms. The lowest BCUT2D eigenvalue weighted by Crippen LogP contribution is -2.32. The zero-order valence-corrected chi connectivity index (χ0v) is 13.1. The van der Waals surface area contributed by atoms with Crippen LogP contribution in [0.5, 0.6) is 0 Å². The molecule has 18 heavy (non-hydrogen) atoms.